The Morgan fingerprint density at radius 2 is 1.96 bits per heavy atom. The minimum atomic E-state index is -2.92. The molecule has 0 aliphatic carbocycles. The predicted molar refractivity (Wildman–Crippen MR) is 95.1 cm³/mol. The number of hydrogen-bond donors (Lipinski definition) is 2. The molecule has 3 aromatic rings. The van der Waals surface area contributed by atoms with E-state index < -0.39 is 15.7 Å². The van der Waals surface area contributed by atoms with E-state index in [0.717, 1.165) is 22.1 Å². The number of rotatable bonds is 3. The molecule has 7 heteroatoms. The molecule has 0 saturated carbocycles. The SMILES string of the molecule is NC(=O)c1cc(-c2ccoc2)cc2c(C3CCS(=O)(=O)CC3)c[nH]c12. The molecule has 0 unspecified atom stereocenters. The molecule has 6 nitrogen and oxygen atoms in total. The third kappa shape index (κ3) is 2.84. The first kappa shape index (κ1) is 16.0. The molecule has 1 aliphatic heterocycles. The number of fused-ring (bicyclic) bond motifs is 1. The summed E-state index contributed by atoms with van der Waals surface area (Å²) in [5.74, 6) is 0.0515. The monoisotopic (exact) mass is 358 g/mol. The van der Waals surface area contributed by atoms with E-state index in [9.17, 15) is 13.2 Å². The standard InChI is InChI=1S/C18H18N2O4S/c19-18(21)15-8-13(12-1-4-24-10-12)7-14-16(9-20-17(14)15)11-2-5-25(22,23)6-3-11/h1,4,7-11,20H,2-3,5-6H2,(H2,19,21). The van der Waals surface area contributed by atoms with Gasteiger partial charge in [-0.2, -0.15) is 0 Å². The van der Waals surface area contributed by atoms with Crippen LogP contribution in [0.5, 0.6) is 0 Å². The number of hydrogen-bond acceptors (Lipinski definition) is 4. The number of amides is 1. The minimum absolute atomic E-state index is 0.151. The second-order valence-electron chi connectivity index (χ2n) is 6.49. The summed E-state index contributed by atoms with van der Waals surface area (Å²) in [4.78, 5) is 15.1. The van der Waals surface area contributed by atoms with Crippen molar-refractivity contribution in [3.8, 4) is 11.1 Å². The van der Waals surface area contributed by atoms with Crippen LogP contribution in [0.1, 0.15) is 34.7 Å². The van der Waals surface area contributed by atoms with Gasteiger partial charge in [0, 0.05) is 17.1 Å². The Balaban J connectivity index is 1.85. The summed E-state index contributed by atoms with van der Waals surface area (Å²) < 4.78 is 28.5. The van der Waals surface area contributed by atoms with Gasteiger partial charge in [0.25, 0.3) is 5.91 Å². The van der Waals surface area contributed by atoms with Gasteiger partial charge in [0.15, 0.2) is 0 Å². The third-order valence-electron chi connectivity index (χ3n) is 4.94. The normalized spacial score (nSPS) is 17.8. The van der Waals surface area contributed by atoms with Crippen LogP contribution in [0.15, 0.2) is 41.3 Å². The van der Waals surface area contributed by atoms with Gasteiger partial charge in [0.05, 0.1) is 35.1 Å². The summed E-state index contributed by atoms with van der Waals surface area (Å²) in [5.41, 5.74) is 9.43. The largest absolute Gasteiger partial charge is 0.472 e. The Morgan fingerprint density at radius 3 is 2.60 bits per heavy atom. The lowest BCUT2D eigenvalue weighted by Gasteiger charge is -2.21. The fourth-order valence-electron chi connectivity index (χ4n) is 3.58. The molecule has 1 saturated heterocycles. The minimum Gasteiger partial charge on any atom is -0.472 e. The van der Waals surface area contributed by atoms with Gasteiger partial charge in [-0.05, 0) is 48.1 Å². The quantitative estimate of drug-likeness (QED) is 0.751. The summed E-state index contributed by atoms with van der Waals surface area (Å²) in [7, 11) is -2.92. The van der Waals surface area contributed by atoms with E-state index in [0.29, 0.717) is 23.9 Å². The van der Waals surface area contributed by atoms with Gasteiger partial charge in [0.1, 0.15) is 9.84 Å². The highest BCUT2D eigenvalue weighted by atomic mass is 32.2. The summed E-state index contributed by atoms with van der Waals surface area (Å²) in [5, 5.41) is 0.914. The maximum Gasteiger partial charge on any atom is 0.250 e. The van der Waals surface area contributed by atoms with Crippen LogP contribution in [0, 0.1) is 0 Å². The lowest BCUT2D eigenvalue weighted by Crippen LogP contribution is -2.22. The van der Waals surface area contributed by atoms with Crippen molar-refractivity contribution in [2.75, 3.05) is 11.5 Å². The number of H-pyrrole nitrogens is 1. The van der Waals surface area contributed by atoms with Crippen LogP contribution < -0.4 is 5.73 Å². The summed E-state index contributed by atoms with van der Waals surface area (Å²) in [6.07, 6.45) is 6.26. The second-order valence-corrected chi connectivity index (χ2v) is 8.80. The van der Waals surface area contributed by atoms with Gasteiger partial charge in [0.2, 0.25) is 0 Å². The van der Waals surface area contributed by atoms with Crippen molar-refractivity contribution in [3.05, 3.63) is 48.0 Å². The van der Waals surface area contributed by atoms with Crippen LogP contribution in [0.4, 0.5) is 0 Å². The molecular weight excluding hydrogens is 340 g/mol. The van der Waals surface area contributed by atoms with Crippen molar-refractivity contribution < 1.29 is 17.6 Å². The van der Waals surface area contributed by atoms with Gasteiger partial charge in [-0.3, -0.25) is 4.79 Å². The maximum absolute atomic E-state index is 11.9. The Bertz CT molecular complexity index is 1030. The Labute approximate surface area is 144 Å². The van der Waals surface area contributed by atoms with E-state index in [4.69, 9.17) is 10.2 Å². The molecular formula is C18H18N2O4S. The zero-order valence-electron chi connectivity index (χ0n) is 13.5. The summed E-state index contributed by atoms with van der Waals surface area (Å²) >= 11 is 0. The number of furan rings is 1. The van der Waals surface area contributed by atoms with Crippen molar-refractivity contribution in [3.63, 3.8) is 0 Å². The molecule has 3 N–H and O–H groups in total. The van der Waals surface area contributed by atoms with Gasteiger partial charge in [-0.15, -0.1) is 0 Å². The molecule has 130 valence electrons. The Morgan fingerprint density at radius 1 is 1.20 bits per heavy atom. The molecule has 2 aromatic heterocycles. The fourth-order valence-corrected chi connectivity index (χ4v) is 5.07. The van der Waals surface area contributed by atoms with Gasteiger partial charge >= 0.3 is 0 Å². The molecule has 3 heterocycles. The summed E-state index contributed by atoms with van der Waals surface area (Å²) in [6, 6.07) is 5.58. The lowest BCUT2D eigenvalue weighted by atomic mass is 9.91. The first-order valence-corrected chi connectivity index (χ1v) is 9.94. The first-order valence-electron chi connectivity index (χ1n) is 8.12. The van der Waals surface area contributed by atoms with E-state index >= 15 is 0 Å². The topological polar surface area (TPSA) is 106 Å². The summed E-state index contributed by atoms with van der Waals surface area (Å²) in [6.45, 7) is 0. The number of nitrogens with two attached hydrogens (primary N) is 1. The van der Waals surface area contributed by atoms with Crippen LogP contribution >= 0.6 is 0 Å². The van der Waals surface area contributed by atoms with Crippen LogP contribution in [0.2, 0.25) is 0 Å². The van der Waals surface area contributed by atoms with Crippen molar-refractivity contribution in [2.45, 2.75) is 18.8 Å². The fraction of sp³-hybridized carbons (Fsp3) is 0.278. The van der Waals surface area contributed by atoms with Crippen molar-refractivity contribution >= 4 is 26.6 Å². The number of benzene rings is 1. The van der Waals surface area contributed by atoms with E-state index in [1.54, 1.807) is 18.6 Å². The highest BCUT2D eigenvalue weighted by Gasteiger charge is 2.27. The van der Waals surface area contributed by atoms with Crippen molar-refractivity contribution in [2.24, 2.45) is 5.73 Å². The molecule has 1 amide bonds. The lowest BCUT2D eigenvalue weighted by molar-refractivity contribution is 0.100. The van der Waals surface area contributed by atoms with Crippen LogP contribution in [0.3, 0.4) is 0 Å². The van der Waals surface area contributed by atoms with Crippen LogP contribution in [0.25, 0.3) is 22.0 Å². The highest BCUT2D eigenvalue weighted by molar-refractivity contribution is 7.91. The van der Waals surface area contributed by atoms with Crippen LogP contribution in [-0.4, -0.2) is 30.8 Å². The average molecular weight is 358 g/mol. The number of carbonyl (C=O) groups excluding carboxylic acids is 1. The second kappa shape index (κ2) is 5.77. The van der Waals surface area contributed by atoms with Gasteiger partial charge in [-0.25, -0.2) is 8.42 Å². The number of carbonyl (C=O) groups is 1. The van der Waals surface area contributed by atoms with E-state index in [1.165, 1.54) is 0 Å². The Hall–Kier alpha value is -2.54. The third-order valence-corrected chi connectivity index (χ3v) is 6.65. The van der Waals surface area contributed by atoms with Gasteiger partial charge < -0.3 is 15.1 Å². The zero-order valence-corrected chi connectivity index (χ0v) is 14.3. The number of nitrogens with one attached hydrogen (secondary N) is 1. The first-order chi connectivity index (χ1) is 11.9. The van der Waals surface area contributed by atoms with E-state index in [2.05, 4.69) is 4.98 Å². The molecule has 1 fully saturated rings. The average Bonchev–Trinajstić information content (AvgIpc) is 3.23. The molecule has 0 bridgehead atoms. The van der Waals surface area contributed by atoms with Crippen LogP contribution in [-0.2, 0) is 9.84 Å². The molecule has 4 rings (SSSR count). The smallest absolute Gasteiger partial charge is 0.250 e. The molecule has 0 spiro atoms. The number of aromatic amines is 1. The molecule has 0 atom stereocenters. The molecule has 1 aromatic carbocycles. The number of primary amides is 1. The number of aromatic nitrogens is 1. The highest BCUT2D eigenvalue weighted by Crippen LogP contribution is 2.37. The number of sulfone groups is 1. The molecule has 1 aliphatic rings. The van der Waals surface area contributed by atoms with Crippen molar-refractivity contribution in [1.29, 1.82) is 0 Å². The zero-order chi connectivity index (χ0) is 17.6. The molecule has 0 radical (unpaired) electrons. The van der Waals surface area contributed by atoms with Gasteiger partial charge in [-0.1, -0.05) is 0 Å². The maximum atomic E-state index is 11.9. The van der Waals surface area contributed by atoms with E-state index in [-0.39, 0.29) is 17.4 Å². The van der Waals surface area contributed by atoms with Crippen molar-refractivity contribution in [1.82, 2.24) is 4.98 Å². The Kier molecular flexibility index (Phi) is 3.68. The predicted octanol–water partition coefficient (Wildman–Crippen LogP) is 2.82. The molecule has 25 heavy (non-hydrogen) atoms. The van der Waals surface area contributed by atoms with E-state index in [1.807, 2.05) is 18.3 Å².